The van der Waals surface area contributed by atoms with Crippen molar-refractivity contribution in [3.05, 3.63) is 23.3 Å². The summed E-state index contributed by atoms with van der Waals surface area (Å²) >= 11 is 0. The topological polar surface area (TPSA) is 47.7 Å². The standard InChI is InChI=1S/C16H26N2O2/c1-11(2)5-12(3)18(4)8-13-6-15(17)7-14-9-19-10-20-16(13)14/h6-7,11-12H,5,8-10,17H2,1-4H3. The zero-order chi connectivity index (χ0) is 14.7. The highest BCUT2D eigenvalue weighted by Crippen LogP contribution is 2.32. The molecule has 0 aromatic heterocycles. The summed E-state index contributed by atoms with van der Waals surface area (Å²) in [4.78, 5) is 2.36. The maximum atomic E-state index is 5.99. The van der Waals surface area contributed by atoms with Crippen molar-refractivity contribution in [3.8, 4) is 5.75 Å². The molecule has 0 fully saturated rings. The van der Waals surface area contributed by atoms with E-state index in [0.717, 1.165) is 29.1 Å². The van der Waals surface area contributed by atoms with Crippen LogP contribution in [0.4, 0.5) is 5.69 Å². The van der Waals surface area contributed by atoms with Crippen molar-refractivity contribution in [2.24, 2.45) is 5.92 Å². The molecular formula is C16H26N2O2. The highest BCUT2D eigenvalue weighted by Gasteiger charge is 2.19. The van der Waals surface area contributed by atoms with Crippen LogP contribution in [0.25, 0.3) is 0 Å². The minimum atomic E-state index is 0.329. The zero-order valence-electron chi connectivity index (χ0n) is 13.0. The summed E-state index contributed by atoms with van der Waals surface area (Å²) in [5, 5.41) is 0. The van der Waals surface area contributed by atoms with Crippen LogP contribution in [0.15, 0.2) is 12.1 Å². The van der Waals surface area contributed by atoms with Crippen LogP contribution < -0.4 is 10.5 Å². The highest BCUT2D eigenvalue weighted by atomic mass is 16.7. The average molecular weight is 278 g/mol. The Morgan fingerprint density at radius 1 is 1.30 bits per heavy atom. The van der Waals surface area contributed by atoms with Gasteiger partial charge in [-0.15, -0.1) is 0 Å². The van der Waals surface area contributed by atoms with Crippen molar-refractivity contribution < 1.29 is 9.47 Å². The first-order valence-corrected chi connectivity index (χ1v) is 7.29. The predicted octanol–water partition coefficient (Wildman–Crippen LogP) is 3.00. The third-order valence-electron chi connectivity index (χ3n) is 3.79. The van der Waals surface area contributed by atoms with Gasteiger partial charge in [0.05, 0.1) is 6.61 Å². The smallest absolute Gasteiger partial charge is 0.189 e. The number of nitrogens with zero attached hydrogens (tertiary/aromatic N) is 1. The SMILES string of the molecule is CC(C)CC(C)N(C)Cc1cc(N)cc2c1OCOC2. The van der Waals surface area contributed by atoms with E-state index in [4.69, 9.17) is 15.2 Å². The second-order valence-corrected chi connectivity index (χ2v) is 6.17. The summed E-state index contributed by atoms with van der Waals surface area (Å²) in [5.74, 6) is 1.65. The van der Waals surface area contributed by atoms with Gasteiger partial charge in [0, 0.05) is 29.4 Å². The molecule has 1 aliphatic rings. The van der Waals surface area contributed by atoms with E-state index in [2.05, 4.69) is 32.7 Å². The van der Waals surface area contributed by atoms with Crippen LogP contribution in [-0.4, -0.2) is 24.8 Å². The third kappa shape index (κ3) is 3.64. The number of ether oxygens (including phenoxy) is 2. The first-order chi connectivity index (χ1) is 9.47. The number of anilines is 1. The first-order valence-electron chi connectivity index (χ1n) is 7.29. The summed E-state index contributed by atoms with van der Waals surface area (Å²) in [6.07, 6.45) is 1.19. The van der Waals surface area contributed by atoms with Crippen LogP contribution in [0, 0.1) is 5.92 Å². The van der Waals surface area contributed by atoms with Crippen molar-refractivity contribution in [3.63, 3.8) is 0 Å². The molecule has 2 N–H and O–H groups in total. The highest BCUT2D eigenvalue weighted by molar-refractivity contribution is 5.53. The van der Waals surface area contributed by atoms with Crippen molar-refractivity contribution >= 4 is 5.69 Å². The molecule has 112 valence electrons. The molecule has 1 unspecified atom stereocenters. The lowest BCUT2D eigenvalue weighted by Gasteiger charge is -2.28. The molecule has 0 spiro atoms. The van der Waals surface area contributed by atoms with Gasteiger partial charge in [-0.05, 0) is 38.4 Å². The Hall–Kier alpha value is -1.26. The van der Waals surface area contributed by atoms with Gasteiger partial charge in [0.25, 0.3) is 0 Å². The molecule has 0 saturated carbocycles. The van der Waals surface area contributed by atoms with Crippen LogP contribution in [-0.2, 0) is 17.9 Å². The maximum Gasteiger partial charge on any atom is 0.189 e. The Balaban J connectivity index is 2.14. The Morgan fingerprint density at radius 2 is 2.05 bits per heavy atom. The second-order valence-electron chi connectivity index (χ2n) is 6.17. The number of hydrogen-bond donors (Lipinski definition) is 1. The molecule has 1 aliphatic heterocycles. The minimum absolute atomic E-state index is 0.329. The molecule has 1 aromatic carbocycles. The normalized spacial score (nSPS) is 16.1. The molecule has 0 saturated heterocycles. The number of benzene rings is 1. The molecular weight excluding hydrogens is 252 g/mol. The van der Waals surface area contributed by atoms with Crippen LogP contribution in [0.5, 0.6) is 5.75 Å². The van der Waals surface area contributed by atoms with Gasteiger partial charge in [-0.1, -0.05) is 13.8 Å². The minimum Gasteiger partial charge on any atom is -0.467 e. The number of rotatable bonds is 5. The van der Waals surface area contributed by atoms with Crippen LogP contribution in [0.1, 0.15) is 38.3 Å². The van der Waals surface area contributed by atoms with E-state index in [1.54, 1.807) is 0 Å². The van der Waals surface area contributed by atoms with Crippen molar-refractivity contribution in [2.75, 3.05) is 19.6 Å². The molecule has 1 heterocycles. The van der Waals surface area contributed by atoms with Gasteiger partial charge in [-0.25, -0.2) is 0 Å². The fraction of sp³-hybridized carbons (Fsp3) is 0.625. The van der Waals surface area contributed by atoms with Gasteiger partial charge < -0.3 is 15.2 Å². The molecule has 4 heteroatoms. The molecule has 0 aliphatic carbocycles. The molecule has 0 amide bonds. The quantitative estimate of drug-likeness (QED) is 0.841. The molecule has 1 aromatic rings. The van der Waals surface area contributed by atoms with Gasteiger partial charge in [-0.2, -0.15) is 0 Å². The predicted molar refractivity (Wildman–Crippen MR) is 81.5 cm³/mol. The first kappa shape index (κ1) is 15.1. The Labute approximate surface area is 121 Å². The lowest BCUT2D eigenvalue weighted by Crippen LogP contribution is -2.30. The Kier molecular flexibility index (Phi) is 4.89. The van der Waals surface area contributed by atoms with Gasteiger partial charge in [-0.3, -0.25) is 4.90 Å². The van der Waals surface area contributed by atoms with Crippen LogP contribution in [0.2, 0.25) is 0 Å². The molecule has 4 nitrogen and oxygen atoms in total. The fourth-order valence-corrected chi connectivity index (χ4v) is 2.73. The number of nitrogens with two attached hydrogens (primary N) is 1. The molecule has 0 bridgehead atoms. The Bertz CT molecular complexity index is 460. The monoisotopic (exact) mass is 278 g/mol. The number of nitrogen functional groups attached to an aromatic ring is 1. The van der Waals surface area contributed by atoms with E-state index in [9.17, 15) is 0 Å². The van der Waals surface area contributed by atoms with Crippen LogP contribution >= 0.6 is 0 Å². The lowest BCUT2D eigenvalue weighted by atomic mass is 10.0. The van der Waals surface area contributed by atoms with E-state index in [1.807, 2.05) is 12.1 Å². The zero-order valence-corrected chi connectivity index (χ0v) is 13.0. The average Bonchev–Trinajstić information content (AvgIpc) is 2.37. The summed E-state index contributed by atoms with van der Waals surface area (Å²) in [7, 11) is 2.15. The summed E-state index contributed by atoms with van der Waals surface area (Å²) in [6, 6.07) is 4.49. The molecule has 2 rings (SSSR count). The van der Waals surface area contributed by atoms with Crippen LogP contribution in [0.3, 0.4) is 0 Å². The maximum absolute atomic E-state index is 5.99. The van der Waals surface area contributed by atoms with Gasteiger partial charge >= 0.3 is 0 Å². The lowest BCUT2D eigenvalue weighted by molar-refractivity contribution is -0.0174. The second kappa shape index (κ2) is 6.46. The molecule has 20 heavy (non-hydrogen) atoms. The number of fused-ring (bicyclic) bond motifs is 1. The van der Waals surface area contributed by atoms with Gasteiger partial charge in [0.15, 0.2) is 6.79 Å². The van der Waals surface area contributed by atoms with E-state index in [1.165, 1.54) is 6.42 Å². The molecule has 0 radical (unpaired) electrons. The van der Waals surface area contributed by atoms with E-state index in [0.29, 0.717) is 25.4 Å². The largest absolute Gasteiger partial charge is 0.467 e. The van der Waals surface area contributed by atoms with E-state index in [-0.39, 0.29) is 0 Å². The third-order valence-corrected chi connectivity index (χ3v) is 3.79. The summed E-state index contributed by atoms with van der Waals surface area (Å²) < 4.78 is 11.0. The van der Waals surface area contributed by atoms with Gasteiger partial charge in [0.1, 0.15) is 5.75 Å². The van der Waals surface area contributed by atoms with E-state index >= 15 is 0 Å². The van der Waals surface area contributed by atoms with Crippen molar-refractivity contribution in [2.45, 2.75) is 46.4 Å². The van der Waals surface area contributed by atoms with E-state index < -0.39 is 0 Å². The summed E-state index contributed by atoms with van der Waals surface area (Å²) in [6.45, 7) is 8.54. The summed E-state index contributed by atoms with van der Waals surface area (Å²) in [5.41, 5.74) is 8.97. The Morgan fingerprint density at radius 3 is 2.75 bits per heavy atom. The number of hydrogen-bond acceptors (Lipinski definition) is 4. The van der Waals surface area contributed by atoms with Crippen molar-refractivity contribution in [1.82, 2.24) is 4.90 Å². The fourth-order valence-electron chi connectivity index (χ4n) is 2.73. The van der Waals surface area contributed by atoms with Crippen molar-refractivity contribution in [1.29, 1.82) is 0 Å². The molecule has 1 atom stereocenters. The van der Waals surface area contributed by atoms with Gasteiger partial charge in [0.2, 0.25) is 0 Å².